The molecular formula is C29H40N3O11P. The first-order valence-electron chi connectivity index (χ1n) is 14.0. The Bertz CT molecular complexity index is 1160. The van der Waals surface area contributed by atoms with Crippen molar-refractivity contribution in [3.05, 3.63) is 71.8 Å². The molecule has 0 saturated heterocycles. The molecule has 0 aliphatic rings. The van der Waals surface area contributed by atoms with Crippen molar-refractivity contribution in [2.75, 3.05) is 33.5 Å². The SMILES string of the molecule is CC(C(=O)O)N(C)C(N)=NP(=O)(OCCCCOC(=O)OCc1ccccc1)OCCCCOC(=O)OCc1ccccc1. The Morgan fingerprint density at radius 3 is 1.59 bits per heavy atom. The molecule has 0 radical (unpaired) electrons. The summed E-state index contributed by atoms with van der Waals surface area (Å²) in [7, 11) is -2.78. The van der Waals surface area contributed by atoms with E-state index in [2.05, 4.69) is 4.76 Å². The summed E-state index contributed by atoms with van der Waals surface area (Å²) in [5.74, 6) is -1.51. The number of hydrogen-bond acceptors (Lipinski definition) is 10. The minimum absolute atomic E-state index is 0.0419. The average molecular weight is 638 g/mol. The fourth-order valence-electron chi connectivity index (χ4n) is 3.25. The highest BCUT2D eigenvalue weighted by Crippen LogP contribution is 2.50. The van der Waals surface area contributed by atoms with E-state index >= 15 is 0 Å². The van der Waals surface area contributed by atoms with Crippen LogP contribution in [-0.2, 0) is 50.6 Å². The summed E-state index contributed by atoms with van der Waals surface area (Å²) in [6.07, 6.45) is -0.236. The summed E-state index contributed by atoms with van der Waals surface area (Å²) < 4.78 is 48.2. The van der Waals surface area contributed by atoms with Crippen LogP contribution in [0.25, 0.3) is 0 Å². The van der Waals surface area contributed by atoms with Crippen LogP contribution in [0, 0.1) is 0 Å². The van der Waals surface area contributed by atoms with E-state index < -0.39 is 32.1 Å². The molecule has 0 fully saturated rings. The maximum Gasteiger partial charge on any atom is 0.508 e. The second kappa shape index (κ2) is 19.9. The fraction of sp³-hybridized carbons (Fsp3) is 0.448. The van der Waals surface area contributed by atoms with Gasteiger partial charge in [0.1, 0.15) is 19.3 Å². The second-order valence-corrected chi connectivity index (χ2v) is 11.0. The number of guanidine groups is 1. The third-order valence-electron chi connectivity index (χ3n) is 5.95. The van der Waals surface area contributed by atoms with Crippen LogP contribution in [0.5, 0.6) is 0 Å². The monoisotopic (exact) mass is 637 g/mol. The lowest BCUT2D eigenvalue weighted by Gasteiger charge is -2.23. The minimum Gasteiger partial charge on any atom is -0.480 e. The van der Waals surface area contributed by atoms with Crippen molar-refractivity contribution in [3.63, 3.8) is 0 Å². The van der Waals surface area contributed by atoms with Crippen molar-refractivity contribution in [3.8, 4) is 0 Å². The second-order valence-electron chi connectivity index (χ2n) is 9.38. The molecular weight excluding hydrogens is 597 g/mol. The van der Waals surface area contributed by atoms with Gasteiger partial charge in [-0.05, 0) is 43.7 Å². The van der Waals surface area contributed by atoms with E-state index in [4.69, 9.17) is 33.7 Å². The number of carbonyl (C=O) groups is 3. The molecule has 1 atom stereocenters. The molecule has 0 saturated carbocycles. The molecule has 15 heteroatoms. The molecule has 0 aliphatic carbocycles. The van der Waals surface area contributed by atoms with Crippen molar-refractivity contribution in [2.24, 2.45) is 10.5 Å². The van der Waals surface area contributed by atoms with Crippen molar-refractivity contribution < 1.29 is 52.1 Å². The van der Waals surface area contributed by atoms with Crippen LogP contribution in [0.4, 0.5) is 9.59 Å². The van der Waals surface area contributed by atoms with Gasteiger partial charge in [-0.1, -0.05) is 60.7 Å². The summed E-state index contributed by atoms with van der Waals surface area (Å²) >= 11 is 0. The van der Waals surface area contributed by atoms with Crippen LogP contribution in [0.15, 0.2) is 65.4 Å². The number of nitrogens with zero attached hydrogens (tertiary/aromatic N) is 2. The van der Waals surface area contributed by atoms with Crippen molar-refractivity contribution in [1.82, 2.24) is 4.90 Å². The molecule has 14 nitrogen and oxygen atoms in total. The minimum atomic E-state index is -4.16. The van der Waals surface area contributed by atoms with Gasteiger partial charge in [0.2, 0.25) is 5.96 Å². The number of likely N-dealkylation sites (N-methyl/N-ethyl adjacent to an activating group) is 1. The summed E-state index contributed by atoms with van der Waals surface area (Å²) in [5, 5.41) is 9.24. The lowest BCUT2D eigenvalue weighted by Crippen LogP contribution is -2.44. The number of carboxylic acid groups (broad SMARTS) is 1. The number of hydrogen-bond donors (Lipinski definition) is 2. The van der Waals surface area contributed by atoms with Gasteiger partial charge in [0.05, 0.1) is 26.4 Å². The van der Waals surface area contributed by atoms with Gasteiger partial charge in [0.15, 0.2) is 0 Å². The Kier molecular flexibility index (Phi) is 16.3. The third kappa shape index (κ3) is 14.9. The zero-order valence-corrected chi connectivity index (χ0v) is 25.8. The van der Waals surface area contributed by atoms with Crippen LogP contribution in [-0.4, -0.2) is 73.8 Å². The van der Waals surface area contributed by atoms with E-state index in [-0.39, 0.29) is 45.6 Å². The first-order chi connectivity index (χ1) is 21.1. The van der Waals surface area contributed by atoms with E-state index in [9.17, 15) is 24.1 Å². The molecule has 2 aromatic carbocycles. The first-order valence-corrected chi connectivity index (χ1v) is 15.5. The van der Waals surface area contributed by atoms with Gasteiger partial charge in [-0.15, -0.1) is 4.76 Å². The normalized spacial score (nSPS) is 12.2. The molecule has 0 spiro atoms. The molecule has 242 valence electrons. The molecule has 3 N–H and O–H groups in total. The van der Waals surface area contributed by atoms with Crippen molar-refractivity contribution in [2.45, 2.75) is 51.9 Å². The number of benzene rings is 2. The van der Waals surface area contributed by atoms with Gasteiger partial charge >= 0.3 is 26.0 Å². The van der Waals surface area contributed by atoms with E-state index in [0.717, 1.165) is 16.0 Å². The number of carboxylic acids is 1. The molecule has 0 bridgehead atoms. The number of unbranched alkanes of at least 4 members (excludes halogenated alkanes) is 2. The highest BCUT2D eigenvalue weighted by molar-refractivity contribution is 7.52. The molecule has 0 heterocycles. The Labute approximate surface area is 256 Å². The zero-order chi connectivity index (χ0) is 32.2. The molecule has 2 aromatic rings. The number of aliphatic carboxylic acids is 1. The summed E-state index contributed by atoms with van der Waals surface area (Å²) in [6, 6.07) is 17.2. The standard InChI is InChI=1S/C29H40N3O11P/c1-23(26(33)34)32(2)27(30)31-44(37,42-19-11-9-17-38-28(35)40-21-24-13-5-3-6-14-24)43-20-12-10-18-39-29(36)41-22-25-15-7-4-8-16-25/h3-8,13-16,23H,9-12,17-22H2,1-2H3,(H,33,34)(H2,30,31,37). The number of rotatable bonds is 19. The van der Waals surface area contributed by atoms with Gasteiger partial charge in [0, 0.05) is 7.05 Å². The number of nitrogens with two attached hydrogens (primary N) is 1. The van der Waals surface area contributed by atoms with Crippen LogP contribution in [0.1, 0.15) is 43.7 Å². The Morgan fingerprint density at radius 2 is 1.18 bits per heavy atom. The molecule has 0 amide bonds. The Balaban J connectivity index is 1.75. The molecule has 0 aromatic heterocycles. The smallest absolute Gasteiger partial charge is 0.480 e. The average Bonchev–Trinajstić information content (AvgIpc) is 3.02. The van der Waals surface area contributed by atoms with Crippen molar-refractivity contribution in [1.29, 1.82) is 0 Å². The van der Waals surface area contributed by atoms with Gasteiger partial charge in [0.25, 0.3) is 0 Å². The summed E-state index contributed by atoms with van der Waals surface area (Å²) in [5.41, 5.74) is 7.54. The summed E-state index contributed by atoms with van der Waals surface area (Å²) in [6.45, 7) is 1.48. The van der Waals surface area contributed by atoms with Crippen LogP contribution < -0.4 is 5.73 Å². The van der Waals surface area contributed by atoms with E-state index in [1.165, 1.54) is 14.0 Å². The van der Waals surface area contributed by atoms with Crippen LogP contribution in [0.2, 0.25) is 0 Å². The third-order valence-corrected chi connectivity index (χ3v) is 7.42. The highest BCUT2D eigenvalue weighted by Gasteiger charge is 2.27. The van der Waals surface area contributed by atoms with Crippen LogP contribution in [0.3, 0.4) is 0 Å². The van der Waals surface area contributed by atoms with E-state index in [0.29, 0.717) is 25.7 Å². The lowest BCUT2D eigenvalue weighted by molar-refractivity contribution is -0.140. The van der Waals surface area contributed by atoms with Crippen molar-refractivity contribution >= 4 is 32.0 Å². The van der Waals surface area contributed by atoms with E-state index in [1.54, 1.807) is 0 Å². The number of carbonyl (C=O) groups excluding carboxylic acids is 2. The lowest BCUT2D eigenvalue weighted by atomic mass is 10.2. The maximum absolute atomic E-state index is 13.3. The quantitative estimate of drug-likeness (QED) is 0.0681. The maximum atomic E-state index is 13.3. The molecule has 0 aliphatic heterocycles. The Hall–Kier alpha value is -4.13. The Morgan fingerprint density at radius 1 is 0.773 bits per heavy atom. The van der Waals surface area contributed by atoms with Gasteiger partial charge in [-0.2, -0.15) is 0 Å². The van der Waals surface area contributed by atoms with Gasteiger partial charge in [-0.25, -0.2) is 18.9 Å². The molecule has 1 unspecified atom stereocenters. The van der Waals surface area contributed by atoms with Gasteiger partial charge < -0.3 is 34.7 Å². The first kappa shape index (κ1) is 36.1. The predicted molar refractivity (Wildman–Crippen MR) is 160 cm³/mol. The number of ether oxygens (including phenoxy) is 4. The molecule has 44 heavy (non-hydrogen) atoms. The highest BCUT2D eigenvalue weighted by atomic mass is 31.2. The molecule has 2 rings (SSSR count). The van der Waals surface area contributed by atoms with Gasteiger partial charge in [-0.3, -0.25) is 9.05 Å². The fourth-order valence-corrected chi connectivity index (χ4v) is 4.55. The van der Waals surface area contributed by atoms with E-state index in [1.807, 2.05) is 60.7 Å². The topological polar surface area (TPSA) is 186 Å². The zero-order valence-electron chi connectivity index (χ0n) is 24.9. The largest absolute Gasteiger partial charge is 0.508 e. The van der Waals surface area contributed by atoms with Crippen LogP contribution >= 0.6 is 7.75 Å². The predicted octanol–water partition coefficient (Wildman–Crippen LogP) is 5.11. The summed E-state index contributed by atoms with van der Waals surface area (Å²) in [4.78, 5) is 36.0.